The van der Waals surface area contributed by atoms with Gasteiger partial charge in [0.05, 0.1) is 0 Å². The molecule has 0 aromatic heterocycles. The summed E-state index contributed by atoms with van der Waals surface area (Å²) < 4.78 is 13.4. The lowest BCUT2D eigenvalue weighted by Crippen LogP contribution is -2.12. The molecule has 2 heteroatoms. The fourth-order valence-corrected chi connectivity index (χ4v) is 2.34. The summed E-state index contributed by atoms with van der Waals surface area (Å²) in [4.78, 5) is 12.5. The lowest BCUT2D eigenvalue weighted by atomic mass is 9.88. The van der Waals surface area contributed by atoms with Gasteiger partial charge in [0.1, 0.15) is 5.82 Å². The van der Waals surface area contributed by atoms with Crippen molar-refractivity contribution in [1.82, 2.24) is 0 Å². The topological polar surface area (TPSA) is 17.1 Å². The van der Waals surface area contributed by atoms with Crippen LogP contribution in [0.1, 0.15) is 40.7 Å². The van der Waals surface area contributed by atoms with Crippen LogP contribution in [0.25, 0.3) is 0 Å². The molecule has 0 N–H and O–H groups in total. The lowest BCUT2D eigenvalue weighted by molar-refractivity contribution is 0.0957. The molecule has 1 unspecified atom stereocenters. The monoisotopic (exact) mass is 256 g/mol. The molecule has 0 saturated carbocycles. The molecule has 0 bridgehead atoms. The highest BCUT2D eigenvalue weighted by atomic mass is 19.1. The van der Waals surface area contributed by atoms with Crippen LogP contribution in [-0.2, 0) is 0 Å². The van der Waals surface area contributed by atoms with Crippen LogP contribution in [0.3, 0.4) is 0 Å². The number of hydrogen-bond donors (Lipinski definition) is 0. The van der Waals surface area contributed by atoms with Gasteiger partial charge < -0.3 is 0 Å². The summed E-state index contributed by atoms with van der Waals surface area (Å²) in [6, 6.07) is 14.1. The minimum Gasteiger partial charge on any atom is -0.293 e. The van der Waals surface area contributed by atoms with Crippen molar-refractivity contribution in [2.45, 2.75) is 26.2 Å². The standard InChI is InChI=1S/C17H17FO/c1-3-16(13-7-5-4-6-8-13)17(19)14-9-12(2)10-15(18)11-14/h4-11,16H,3H2,1-2H3. The first-order valence-corrected chi connectivity index (χ1v) is 6.48. The molecular weight excluding hydrogens is 239 g/mol. The van der Waals surface area contributed by atoms with Crippen LogP contribution in [0, 0.1) is 12.7 Å². The van der Waals surface area contributed by atoms with E-state index in [9.17, 15) is 9.18 Å². The van der Waals surface area contributed by atoms with E-state index in [1.165, 1.54) is 12.1 Å². The van der Waals surface area contributed by atoms with E-state index in [0.29, 0.717) is 12.0 Å². The fraction of sp³-hybridized carbons (Fsp3) is 0.235. The zero-order valence-corrected chi connectivity index (χ0v) is 11.2. The van der Waals surface area contributed by atoms with E-state index in [-0.39, 0.29) is 17.5 Å². The van der Waals surface area contributed by atoms with Gasteiger partial charge in [-0.2, -0.15) is 0 Å². The van der Waals surface area contributed by atoms with Crippen molar-refractivity contribution in [3.8, 4) is 0 Å². The van der Waals surface area contributed by atoms with Gasteiger partial charge in [0.15, 0.2) is 5.78 Å². The highest BCUT2D eigenvalue weighted by Crippen LogP contribution is 2.24. The average molecular weight is 256 g/mol. The Morgan fingerprint density at radius 2 is 1.84 bits per heavy atom. The molecule has 0 saturated heterocycles. The maximum Gasteiger partial charge on any atom is 0.170 e. The molecule has 98 valence electrons. The van der Waals surface area contributed by atoms with Crippen LogP contribution in [0.5, 0.6) is 0 Å². The van der Waals surface area contributed by atoms with Gasteiger partial charge in [-0.3, -0.25) is 4.79 Å². The van der Waals surface area contributed by atoms with E-state index < -0.39 is 0 Å². The molecule has 0 aliphatic heterocycles. The Balaban J connectivity index is 2.36. The first-order chi connectivity index (χ1) is 9.11. The third kappa shape index (κ3) is 3.08. The normalized spacial score (nSPS) is 12.2. The van der Waals surface area contributed by atoms with Crippen LogP contribution in [0.4, 0.5) is 4.39 Å². The first-order valence-electron chi connectivity index (χ1n) is 6.48. The van der Waals surface area contributed by atoms with Gasteiger partial charge >= 0.3 is 0 Å². The van der Waals surface area contributed by atoms with Crippen molar-refractivity contribution >= 4 is 5.78 Å². The third-order valence-corrected chi connectivity index (χ3v) is 3.25. The average Bonchev–Trinajstić information content (AvgIpc) is 2.39. The van der Waals surface area contributed by atoms with Gasteiger partial charge in [0.2, 0.25) is 0 Å². The second-order valence-electron chi connectivity index (χ2n) is 4.75. The summed E-state index contributed by atoms with van der Waals surface area (Å²) in [5.74, 6) is -0.579. The third-order valence-electron chi connectivity index (χ3n) is 3.25. The van der Waals surface area contributed by atoms with Crippen LogP contribution in [0.15, 0.2) is 48.5 Å². The molecule has 19 heavy (non-hydrogen) atoms. The maximum atomic E-state index is 13.4. The minimum atomic E-state index is -0.355. The van der Waals surface area contributed by atoms with Gasteiger partial charge in [-0.1, -0.05) is 37.3 Å². The van der Waals surface area contributed by atoms with Crippen LogP contribution >= 0.6 is 0 Å². The number of benzene rings is 2. The van der Waals surface area contributed by atoms with Gasteiger partial charge in [-0.15, -0.1) is 0 Å². The molecule has 1 nitrogen and oxygen atoms in total. The Hall–Kier alpha value is -1.96. The molecule has 2 aromatic rings. The number of carbonyl (C=O) groups is 1. The molecule has 0 spiro atoms. The van der Waals surface area contributed by atoms with Gasteiger partial charge in [-0.05, 0) is 42.7 Å². The number of carbonyl (C=O) groups excluding carboxylic acids is 1. The smallest absolute Gasteiger partial charge is 0.170 e. The number of rotatable bonds is 4. The highest BCUT2D eigenvalue weighted by Gasteiger charge is 2.20. The van der Waals surface area contributed by atoms with Crippen LogP contribution in [0.2, 0.25) is 0 Å². The van der Waals surface area contributed by atoms with Crippen LogP contribution in [-0.4, -0.2) is 5.78 Å². The SMILES string of the molecule is CCC(C(=O)c1cc(C)cc(F)c1)c1ccccc1. The summed E-state index contributed by atoms with van der Waals surface area (Å²) in [6.45, 7) is 3.77. The Labute approximate surface area is 113 Å². The van der Waals surface area contributed by atoms with E-state index in [1.807, 2.05) is 37.3 Å². The molecule has 0 radical (unpaired) electrons. The minimum absolute atomic E-state index is 0.0173. The number of Topliss-reactive ketones (excluding diaryl/α,β-unsaturated/α-hetero) is 1. The molecular formula is C17H17FO. The Bertz CT molecular complexity index is 555. The summed E-state index contributed by atoms with van der Waals surface area (Å²) in [5, 5.41) is 0. The van der Waals surface area contributed by atoms with Crippen molar-refractivity contribution in [3.05, 3.63) is 71.0 Å². The predicted molar refractivity (Wildman–Crippen MR) is 74.9 cm³/mol. The van der Waals surface area contributed by atoms with Crippen molar-refractivity contribution in [1.29, 1.82) is 0 Å². The Morgan fingerprint density at radius 3 is 2.42 bits per heavy atom. The van der Waals surface area contributed by atoms with Gasteiger partial charge in [-0.25, -0.2) is 4.39 Å². The van der Waals surface area contributed by atoms with Crippen LogP contribution < -0.4 is 0 Å². The van der Waals surface area contributed by atoms with Crippen molar-refractivity contribution in [2.75, 3.05) is 0 Å². The lowest BCUT2D eigenvalue weighted by Gasteiger charge is -2.14. The number of ketones is 1. The quantitative estimate of drug-likeness (QED) is 0.735. The number of aryl methyl sites for hydroxylation is 1. The molecule has 0 aliphatic carbocycles. The molecule has 0 fully saturated rings. The summed E-state index contributed by atoms with van der Waals surface area (Å²) in [6.07, 6.45) is 0.707. The summed E-state index contributed by atoms with van der Waals surface area (Å²) >= 11 is 0. The Morgan fingerprint density at radius 1 is 1.16 bits per heavy atom. The van der Waals surface area contributed by atoms with Gasteiger partial charge in [0, 0.05) is 11.5 Å². The fourth-order valence-electron chi connectivity index (χ4n) is 2.34. The number of halogens is 1. The molecule has 0 amide bonds. The van der Waals surface area contributed by atoms with E-state index in [4.69, 9.17) is 0 Å². The molecule has 2 aromatic carbocycles. The predicted octanol–water partition coefficient (Wildman–Crippen LogP) is 4.51. The second kappa shape index (κ2) is 5.79. The van der Waals surface area contributed by atoms with E-state index >= 15 is 0 Å². The highest BCUT2D eigenvalue weighted by molar-refractivity contribution is 6.01. The van der Waals surface area contributed by atoms with E-state index in [1.54, 1.807) is 13.0 Å². The molecule has 0 aliphatic rings. The largest absolute Gasteiger partial charge is 0.293 e. The van der Waals surface area contributed by atoms with Crippen molar-refractivity contribution in [3.63, 3.8) is 0 Å². The number of hydrogen-bond acceptors (Lipinski definition) is 1. The zero-order chi connectivity index (χ0) is 13.8. The summed E-state index contributed by atoms with van der Waals surface area (Å²) in [5.41, 5.74) is 2.20. The van der Waals surface area contributed by atoms with Crippen molar-refractivity contribution in [2.24, 2.45) is 0 Å². The van der Waals surface area contributed by atoms with E-state index in [0.717, 1.165) is 11.1 Å². The molecule has 1 atom stereocenters. The zero-order valence-electron chi connectivity index (χ0n) is 11.2. The first kappa shape index (κ1) is 13.5. The van der Waals surface area contributed by atoms with Gasteiger partial charge in [0.25, 0.3) is 0 Å². The van der Waals surface area contributed by atoms with E-state index in [2.05, 4.69) is 0 Å². The molecule has 2 rings (SSSR count). The second-order valence-corrected chi connectivity index (χ2v) is 4.75. The molecule has 0 heterocycles. The summed E-state index contributed by atoms with van der Waals surface area (Å²) in [7, 11) is 0. The maximum absolute atomic E-state index is 13.4. The Kier molecular flexibility index (Phi) is 4.10. The van der Waals surface area contributed by atoms with Crippen molar-refractivity contribution < 1.29 is 9.18 Å².